The van der Waals surface area contributed by atoms with Crippen molar-refractivity contribution in [3.05, 3.63) is 0 Å². The van der Waals surface area contributed by atoms with E-state index in [1.807, 2.05) is 0 Å². The van der Waals surface area contributed by atoms with Gasteiger partial charge >= 0.3 is 0 Å². The SMILES string of the molecule is C.CCC[Si](C)(C)OCC. The highest BCUT2D eigenvalue weighted by atomic mass is 28.4. The van der Waals surface area contributed by atoms with Crippen LogP contribution in [0, 0.1) is 0 Å². The molecule has 0 heterocycles. The quantitative estimate of drug-likeness (QED) is 0.576. The average molecular weight is 162 g/mol. The number of hydrogen-bond donors (Lipinski definition) is 0. The fraction of sp³-hybridized carbons (Fsp3) is 1.00. The Balaban J connectivity index is 0. The van der Waals surface area contributed by atoms with Gasteiger partial charge in [-0.05, 0) is 26.1 Å². The molecular formula is C8H22OSi. The van der Waals surface area contributed by atoms with Crippen molar-refractivity contribution >= 4 is 8.32 Å². The highest BCUT2D eigenvalue weighted by Crippen LogP contribution is 2.12. The molecule has 0 atom stereocenters. The molecule has 0 rings (SSSR count). The fourth-order valence-corrected chi connectivity index (χ4v) is 3.19. The van der Waals surface area contributed by atoms with E-state index in [9.17, 15) is 0 Å². The summed E-state index contributed by atoms with van der Waals surface area (Å²) in [5.41, 5.74) is 0. The average Bonchev–Trinajstić information content (AvgIpc) is 1.64. The molecule has 0 aromatic carbocycles. The Morgan fingerprint density at radius 1 is 1.20 bits per heavy atom. The zero-order valence-electron chi connectivity index (χ0n) is 7.03. The highest BCUT2D eigenvalue weighted by Gasteiger charge is 2.19. The summed E-state index contributed by atoms with van der Waals surface area (Å²) in [6, 6.07) is 1.29. The van der Waals surface area contributed by atoms with Crippen molar-refractivity contribution in [2.75, 3.05) is 6.61 Å². The van der Waals surface area contributed by atoms with Crippen LogP contribution in [-0.2, 0) is 4.43 Å². The van der Waals surface area contributed by atoms with Gasteiger partial charge in [-0.25, -0.2) is 0 Å². The smallest absolute Gasteiger partial charge is 0.186 e. The predicted molar refractivity (Wildman–Crippen MR) is 50.9 cm³/mol. The van der Waals surface area contributed by atoms with Gasteiger partial charge in [0, 0.05) is 6.61 Å². The van der Waals surface area contributed by atoms with Crippen molar-refractivity contribution < 1.29 is 4.43 Å². The summed E-state index contributed by atoms with van der Waals surface area (Å²) in [5.74, 6) is 0. The van der Waals surface area contributed by atoms with Gasteiger partial charge in [-0.2, -0.15) is 0 Å². The van der Waals surface area contributed by atoms with E-state index in [1.54, 1.807) is 0 Å². The molecule has 10 heavy (non-hydrogen) atoms. The van der Waals surface area contributed by atoms with Crippen LogP contribution >= 0.6 is 0 Å². The molecule has 0 unspecified atom stereocenters. The minimum absolute atomic E-state index is 0. The first-order valence-electron chi connectivity index (χ1n) is 3.76. The maximum Gasteiger partial charge on any atom is 0.186 e. The molecule has 0 N–H and O–H groups in total. The Hall–Kier alpha value is 0.177. The summed E-state index contributed by atoms with van der Waals surface area (Å²) >= 11 is 0. The first-order valence-corrected chi connectivity index (χ1v) is 6.88. The molecule has 0 saturated heterocycles. The largest absolute Gasteiger partial charge is 0.418 e. The van der Waals surface area contributed by atoms with Crippen LogP contribution in [0.4, 0.5) is 0 Å². The second kappa shape index (κ2) is 5.92. The molecule has 2 heteroatoms. The van der Waals surface area contributed by atoms with E-state index in [-0.39, 0.29) is 7.43 Å². The molecule has 1 nitrogen and oxygen atoms in total. The van der Waals surface area contributed by atoms with E-state index >= 15 is 0 Å². The van der Waals surface area contributed by atoms with Gasteiger partial charge in [0.15, 0.2) is 8.32 Å². The molecule has 0 radical (unpaired) electrons. The predicted octanol–water partition coefficient (Wildman–Crippen LogP) is 3.27. The van der Waals surface area contributed by atoms with Crippen LogP contribution in [0.5, 0.6) is 0 Å². The van der Waals surface area contributed by atoms with Crippen molar-refractivity contribution in [2.45, 2.75) is 46.8 Å². The maximum atomic E-state index is 5.61. The van der Waals surface area contributed by atoms with E-state index < -0.39 is 8.32 Å². The van der Waals surface area contributed by atoms with E-state index in [2.05, 4.69) is 26.9 Å². The molecular weight excluding hydrogens is 140 g/mol. The number of hydrogen-bond acceptors (Lipinski definition) is 1. The van der Waals surface area contributed by atoms with E-state index in [4.69, 9.17) is 4.43 Å². The summed E-state index contributed by atoms with van der Waals surface area (Å²) in [6.45, 7) is 9.73. The molecule has 0 amide bonds. The third-order valence-corrected chi connectivity index (χ3v) is 4.16. The lowest BCUT2D eigenvalue weighted by Gasteiger charge is -2.20. The summed E-state index contributed by atoms with van der Waals surface area (Å²) < 4.78 is 5.61. The lowest BCUT2D eigenvalue weighted by molar-refractivity contribution is 0.328. The van der Waals surface area contributed by atoms with Gasteiger partial charge in [0.05, 0.1) is 0 Å². The summed E-state index contributed by atoms with van der Waals surface area (Å²) in [7, 11) is -1.20. The Kier molecular flexibility index (Phi) is 7.59. The van der Waals surface area contributed by atoms with Crippen molar-refractivity contribution in [1.29, 1.82) is 0 Å². The van der Waals surface area contributed by atoms with Gasteiger partial charge in [0.25, 0.3) is 0 Å². The Labute approximate surface area is 66.9 Å². The fourth-order valence-electron chi connectivity index (χ4n) is 1.06. The van der Waals surface area contributed by atoms with Crippen LogP contribution in [0.1, 0.15) is 27.7 Å². The third kappa shape index (κ3) is 6.30. The summed E-state index contributed by atoms with van der Waals surface area (Å²) in [6.07, 6.45) is 1.26. The molecule has 0 aromatic heterocycles. The highest BCUT2D eigenvalue weighted by molar-refractivity contribution is 6.71. The summed E-state index contributed by atoms with van der Waals surface area (Å²) in [5, 5.41) is 0. The molecule has 64 valence electrons. The van der Waals surface area contributed by atoms with E-state index in [1.165, 1.54) is 12.5 Å². The second-order valence-corrected chi connectivity index (χ2v) is 7.25. The first-order chi connectivity index (χ1) is 4.12. The Morgan fingerprint density at radius 2 is 1.70 bits per heavy atom. The van der Waals surface area contributed by atoms with Gasteiger partial charge in [-0.3, -0.25) is 0 Å². The van der Waals surface area contributed by atoms with Crippen molar-refractivity contribution in [3.63, 3.8) is 0 Å². The minimum atomic E-state index is -1.20. The van der Waals surface area contributed by atoms with Crippen LogP contribution in [-0.4, -0.2) is 14.9 Å². The van der Waals surface area contributed by atoms with Gasteiger partial charge in [-0.15, -0.1) is 0 Å². The van der Waals surface area contributed by atoms with Crippen LogP contribution in [0.15, 0.2) is 0 Å². The molecule has 0 aliphatic rings. The molecule has 0 aromatic rings. The Bertz CT molecular complexity index is 63.7. The molecule has 0 aliphatic heterocycles. The lowest BCUT2D eigenvalue weighted by Crippen LogP contribution is -2.29. The van der Waals surface area contributed by atoms with E-state index in [0.717, 1.165) is 6.61 Å². The van der Waals surface area contributed by atoms with Crippen LogP contribution in [0.25, 0.3) is 0 Å². The van der Waals surface area contributed by atoms with Gasteiger partial charge < -0.3 is 4.43 Å². The topological polar surface area (TPSA) is 9.23 Å². The van der Waals surface area contributed by atoms with Crippen molar-refractivity contribution in [3.8, 4) is 0 Å². The van der Waals surface area contributed by atoms with Gasteiger partial charge in [0.2, 0.25) is 0 Å². The second-order valence-electron chi connectivity index (χ2n) is 2.94. The van der Waals surface area contributed by atoms with Crippen LogP contribution in [0.3, 0.4) is 0 Å². The standard InChI is InChI=1S/C7H18OSi.CH4/c1-5-7-9(3,4)8-6-2;/h5-7H2,1-4H3;1H4. The monoisotopic (exact) mass is 162 g/mol. The van der Waals surface area contributed by atoms with Crippen molar-refractivity contribution in [1.82, 2.24) is 0 Å². The third-order valence-electron chi connectivity index (χ3n) is 1.39. The normalized spacial score (nSPS) is 10.8. The molecule has 0 aliphatic carbocycles. The number of rotatable bonds is 4. The Morgan fingerprint density at radius 3 is 2.00 bits per heavy atom. The van der Waals surface area contributed by atoms with E-state index in [0.29, 0.717) is 0 Å². The van der Waals surface area contributed by atoms with Gasteiger partial charge in [-0.1, -0.05) is 20.8 Å². The molecule has 0 saturated carbocycles. The first kappa shape index (κ1) is 12.8. The zero-order chi connectivity index (χ0) is 7.33. The maximum absolute atomic E-state index is 5.61. The molecule has 0 bridgehead atoms. The van der Waals surface area contributed by atoms with Crippen LogP contribution < -0.4 is 0 Å². The van der Waals surface area contributed by atoms with Crippen molar-refractivity contribution in [2.24, 2.45) is 0 Å². The molecule has 0 spiro atoms. The van der Waals surface area contributed by atoms with Crippen LogP contribution in [0.2, 0.25) is 19.1 Å². The van der Waals surface area contributed by atoms with Gasteiger partial charge in [0.1, 0.15) is 0 Å². The zero-order valence-corrected chi connectivity index (χ0v) is 8.03. The minimum Gasteiger partial charge on any atom is -0.418 e. The molecule has 0 fully saturated rings. The lowest BCUT2D eigenvalue weighted by atomic mass is 10.6. The summed E-state index contributed by atoms with van der Waals surface area (Å²) in [4.78, 5) is 0.